The zero-order valence-corrected chi connectivity index (χ0v) is 16.2. The number of rotatable bonds is 7. The van der Waals surface area contributed by atoms with Crippen LogP contribution in [0.5, 0.6) is 0 Å². The normalized spacial score (nSPS) is 15.3. The second-order valence-corrected chi connectivity index (χ2v) is 6.54. The molecule has 26 heavy (non-hydrogen) atoms. The molecule has 1 fully saturated rings. The fourth-order valence-corrected chi connectivity index (χ4v) is 2.85. The Morgan fingerprint density at radius 1 is 1.38 bits per heavy atom. The van der Waals surface area contributed by atoms with Crippen molar-refractivity contribution in [3.8, 4) is 11.3 Å². The van der Waals surface area contributed by atoms with E-state index in [1.54, 1.807) is 18.2 Å². The Morgan fingerprint density at radius 2 is 2.08 bits per heavy atom. The Labute approximate surface area is 164 Å². The van der Waals surface area contributed by atoms with Crippen LogP contribution >= 0.6 is 24.8 Å². The van der Waals surface area contributed by atoms with Gasteiger partial charge in [-0.1, -0.05) is 12.1 Å². The third-order valence-electron chi connectivity index (χ3n) is 4.59. The fraction of sp³-hybridized carbons (Fsp3) is 0.444. The first-order chi connectivity index (χ1) is 11.5. The molecule has 1 aliphatic carbocycles. The first-order valence-electron chi connectivity index (χ1n) is 8.22. The van der Waals surface area contributed by atoms with Crippen molar-refractivity contribution in [1.82, 2.24) is 10.3 Å². The quantitative estimate of drug-likeness (QED) is 0.740. The smallest absolute Gasteiger partial charge is 0.220 e. The zero-order chi connectivity index (χ0) is 17.2. The third kappa shape index (κ3) is 5.19. The molecule has 0 saturated heterocycles. The number of amides is 1. The number of hydrogen-bond acceptors (Lipinski definition) is 4. The molecule has 144 valence electrons. The van der Waals surface area contributed by atoms with Crippen LogP contribution in [0.1, 0.15) is 32.1 Å². The van der Waals surface area contributed by atoms with Crippen molar-refractivity contribution in [2.75, 3.05) is 6.54 Å². The average Bonchev–Trinajstić information content (AvgIpc) is 3.33. The molecule has 0 radical (unpaired) electrons. The van der Waals surface area contributed by atoms with Crippen LogP contribution in [0.25, 0.3) is 11.3 Å². The van der Waals surface area contributed by atoms with Gasteiger partial charge in [0.1, 0.15) is 5.82 Å². The van der Waals surface area contributed by atoms with E-state index in [9.17, 15) is 9.18 Å². The van der Waals surface area contributed by atoms with E-state index in [0.717, 1.165) is 12.8 Å². The molecule has 1 aliphatic rings. The molecule has 1 aromatic heterocycles. The summed E-state index contributed by atoms with van der Waals surface area (Å²) in [7, 11) is 0. The monoisotopic (exact) mass is 403 g/mol. The predicted octanol–water partition coefficient (Wildman–Crippen LogP) is 3.50. The number of aromatic nitrogens is 1. The van der Waals surface area contributed by atoms with Gasteiger partial charge in [-0.25, -0.2) is 9.37 Å². The van der Waals surface area contributed by atoms with E-state index in [1.807, 2.05) is 6.92 Å². The van der Waals surface area contributed by atoms with Crippen molar-refractivity contribution in [2.45, 2.75) is 38.1 Å². The Hall–Kier alpha value is -1.63. The van der Waals surface area contributed by atoms with E-state index in [0.29, 0.717) is 36.1 Å². The Kier molecular flexibility index (Phi) is 8.06. The minimum Gasteiger partial charge on any atom is -0.441 e. The lowest BCUT2D eigenvalue weighted by Gasteiger charge is -2.29. The number of nitrogens with zero attached hydrogens (tertiary/aromatic N) is 1. The van der Waals surface area contributed by atoms with E-state index in [-0.39, 0.29) is 48.5 Å². The Morgan fingerprint density at radius 3 is 2.69 bits per heavy atom. The molecule has 0 spiro atoms. The second kappa shape index (κ2) is 9.35. The average molecular weight is 404 g/mol. The number of oxazole rings is 1. The third-order valence-corrected chi connectivity index (χ3v) is 4.59. The second-order valence-electron chi connectivity index (χ2n) is 6.54. The van der Waals surface area contributed by atoms with Gasteiger partial charge in [0.2, 0.25) is 5.91 Å². The zero-order valence-electron chi connectivity index (χ0n) is 14.5. The Bertz CT molecular complexity index is 737. The summed E-state index contributed by atoms with van der Waals surface area (Å²) >= 11 is 0. The molecule has 2 aromatic rings. The summed E-state index contributed by atoms with van der Waals surface area (Å²) in [5, 5.41) is 3.03. The standard InChI is InChI=1S/C18H22FN3O2.2ClH/c1-18(11-20,12-6-7-12)22-16(23)8-9-17-21-10-15(24-17)13-4-2-3-5-14(13)19;;/h2-5,10,12H,6-9,11,20H2,1H3,(H,22,23);2*1H. The van der Waals surface area contributed by atoms with E-state index in [4.69, 9.17) is 10.2 Å². The number of carbonyl (C=O) groups is 1. The van der Waals surface area contributed by atoms with Crippen LogP contribution in [0.15, 0.2) is 34.9 Å². The maximum Gasteiger partial charge on any atom is 0.220 e. The van der Waals surface area contributed by atoms with Crippen molar-refractivity contribution in [1.29, 1.82) is 0 Å². The summed E-state index contributed by atoms with van der Waals surface area (Å²) in [6.07, 6.45) is 4.34. The van der Waals surface area contributed by atoms with Crippen LogP contribution < -0.4 is 11.1 Å². The summed E-state index contributed by atoms with van der Waals surface area (Å²) in [5.41, 5.74) is 5.84. The summed E-state index contributed by atoms with van der Waals surface area (Å²) in [6.45, 7) is 2.42. The highest BCUT2D eigenvalue weighted by Crippen LogP contribution is 2.39. The fourth-order valence-electron chi connectivity index (χ4n) is 2.85. The molecule has 1 saturated carbocycles. The minimum absolute atomic E-state index is 0. The number of nitrogens with one attached hydrogen (secondary N) is 1. The molecular weight excluding hydrogens is 380 g/mol. The molecule has 8 heteroatoms. The van der Waals surface area contributed by atoms with Gasteiger partial charge in [0.05, 0.1) is 17.3 Å². The number of hydrogen-bond donors (Lipinski definition) is 2. The number of carbonyl (C=O) groups excluding carboxylic acids is 1. The molecule has 3 N–H and O–H groups in total. The molecule has 1 amide bonds. The molecule has 0 aliphatic heterocycles. The van der Waals surface area contributed by atoms with Gasteiger partial charge in [0.25, 0.3) is 0 Å². The summed E-state index contributed by atoms with van der Waals surface area (Å²) in [4.78, 5) is 16.3. The molecule has 0 bridgehead atoms. The first-order valence-corrected chi connectivity index (χ1v) is 8.22. The van der Waals surface area contributed by atoms with Crippen molar-refractivity contribution in [3.63, 3.8) is 0 Å². The van der Waals surface area contributed by atoms with Gasteiger partial charge < -0.3 is 15.5 Å². The maximum absolute atomic E-state index is 13.7. The summed E-state index contributed by atoms with van der Waals surface area (Å²) in [5.74, 6) is 0.833. The number of benzene rings is 1. The highest BCUT2D eigenvalue weighted by atomic mass is 35.5. The largest absolute Gasteiger partial charge is 0.441 e. The highest BCUT2D eigenvalue weighted by molar-refractivity contribution is 5.85. The van der Waals surface area contributed by atoms with Crippen LogP contribution in [-0.4, -0.2) is 23.0 Å². The van der Waals surface area contributed by atoms with E-state index in [2.05, 4.69) is 10.3 Å². The van der Waals surface area contributed by atoms with Gasteiger partial charge in [-0.2, -0.15) is 0 Å². The van der Waals surface area contributed by atoms with Gasteiger partial charge in [-0.15, -0.1) is 24.8 Å². The maximum atomic E-state index is 13.7. The lowest BCUT2D eigenvalue weighted by atomic mass is 9.95. The summed E-state index contributed by atoms with van der Waals surface area (Å²) in [6, 6.07) is 6.36. The van der Waals surface area contributed by atoms with Gasteiger partial charge in [-0.05, 0) is 37.8 Å². The van der Waals surface area contributed by atoms with Crippen LogP contribution in [0, 0.1) is 11.7 Å². The van der Waals surface area contributed by atoms with Gasteiger partial charge in [0.15, 0.2) is 11.7 Å². The van der Waals surface area contributed by atoms with Crippen molar-refractivity contribution in [3.05, 3.63) is 42.2 Å². The van der Waals surface area contributed by atoms with Gasteiger partial charge in [-0.3, -0.25) is 4.79 Å². The molecule has 1 heterocycles. The van der Waals surface area contributed by atoms with Gasteiger partial charge in [0, 0.05) is 19.4 Å². The number of aryl methyl sites for hydroxylation is 1. The van der Waals surface area contributed by atoms with Crippen LogP contribution in [0.2, 0.25) is 0 Å². The summed E-state index contributed by atoms with van der Waals surface area (Å²) < 4.78 is 19.3. The SMILES string of the molecule is CC(CN)(NC(=O)CCc1ncc(-c2ccccc2F)o1)C1CC1.Cl.Cl. The lowest BCUT2D eigenvalue weighted by molar-refractivity contribution is -0.123. The van der Waals surface area contributed by atoms with E-state index < -0.39 is 0 Å². The van der Waals surface area contributed by atoms with Crippen LogP contribution in [0.4, 0.5) is 4.39 Å². The first kappa shape index (κ1) is 22.4. The number of nitrogens with two attached hydrogens (primary N) is 1. The van der Waals surface area contributed by atoms with Crippen LogP contribution in [0.3, 0.4) is 0 Å². The molecule has 5 nitrogen and oxygen atoms in total. The van der Waals surface area contributed by atoms with Crippen molar-refractivity contribution < 1.29 is 13.6 Å². The molecule has 1 unspecified atom stereocenters. The van der Waals surface area contributed by atoms with E-state index >= 15 is 0 Å². The highest BCUT2D eigenvalue weighted by Gasteiger charge is 2.41. The Balaban J connectivity index is 0.00000169. The van der Waals surface area contributed by atoms with Gasteiger partial charge >= 0.3 is 0 Å². The molecule has 1 atom stereocenters. The lowest BCUT2D eigenvalue weighted by Crippen LogP contribution is -2.53. The number of halogens is 3. The molecule has 1 aromatic carbocycles. The minimum atomic E-state index is -0.360. The van der Waals surface area contributed by atoms with Crippen LogP contribution in [-0.2, 0) is 11.2 Å². The predicted molar refractivity (Wildman–Crippen MR) is 103 cm³/mol. The van der Waals surface area contributed by atoms with Crippen molar-refractivity contribution >= 4 is 30.7 Å². The molecule has 3 rings (SSSR count). The van der Waals surface area contributed by atoms with E-state index in [1.165, 1.54) is 12.3 Å². The van der Waals surface area contributed by atoms with Crippen molar-refractivity contribution in [2.24, 2.45) is 11.7 Å². The topological polar surface area (TPSA) is 81.1 Å². The molecular formula is C18H24Cl2FN3O2.